The molecule has 1 aromatic heterocycles. The van der Waals surface area contributed by atoms with Gasteiger partial charge in [-0.25, -0.2) is 13.4 Å². The Morgan fingerprint density at radius 3 is 2.38 bits per heavy atom. The minimum atomic E-state index is -3.87. The first kappa shape index (κ1) is 24.4. The molecule has 182 valence electrons. The zero-order valence-electron chi connectivity index (χ0n) is 19.8. The van der Waals surface area contributed by atoms with Gasteiger partial charge >= 0.3 is 0 Å². The first-order valence-corrected chi connectivity index (χ1v) is 13.6. The number of fused-ring (bicyclic) bond motifs is 1. The van der Waals surface area contributed by atoms with Crippen LogP contribution < -0.4 is 14.4 Å². The number of carbonyl (C=O) groups is 1. The Kier molecular flexibility index (Phi) is 7.11. The molecule has 4 rings (SSSR count). The van der Waals surface area contributed by atoms with E-state index >= 15 is 0 Å². The largest absolute Gasteiger partial charge is 0.497 e. The van der Waals surface area contributed by atoms with Crippen LogP contribution in [0.15, 0.2) is 47.4 Å². The minimum Gasteiger partial charge on any atom is -0.497 e. The third kappa shape index (κ3) is 5.18. The summed E-state index contributed by atoms with van der Waals surface area (Å²) < 4.78 is 35.0. The lowest BCUT2D eigenvalue weighted by Crippen LogP contribution is -2.56. The molecule has 10 heteroatoms. The van der Waals surface area contributed by atoms with Crippen molar-refractivity contribution in [1.29, 1.82) is 0 Å². The highest BCUT2D eigenvalue weighted by Crippen LogP contribution is 2.25. The minimum absolute atomic E-state index is 0.145. The van der Waals surface area contributed by atoms with Crippen LogP contribution in [0, 0.1) is 12.8 Å². The summed E-state index contributed by atoms with van der Waals surface area (Å²) in [6.45, 7) is 8.01. The van der Waals surface area contributed by atoms with E-state index in [-0.39, 0.29) is 16.7 Å². The molecule has 0 bridgehead atoms. The standard InChI is InChI=1S/C24H30N4O4S2/c1-16(2)23(26-34(30,31)20-9-10-21-22(15-20)33-17(3)25-21)24(29)28-13-11-27(12-14-28)18-5-7-19(32-4)8-6-18/h5-10,15-16,23,26H,11-14H2,1-4H3/t23-/m0/s1. The van der Waals surface area contributed by atoms with Gasteiger partial charge in [0.05, 0.1) is 27.2 Å². The molecule has 0 radical (unpaired) electrons. The second-order valence-electron chi connectivity index (χ2n) is 8.72. The number of methoxy groups -OCH3 is 1. The van der Waals surface area contributed by atoms with Gasteiger partial charge in [0.1, 0.15) is 11.8 Å². The highest BCUT2D eigenvalue weighted by atomic mass is 32.2. The van der Waals surface area contributed by atoms with Gasteiger partial charge in [-0.2, -0.15) is 4.72 Å². The summed E-state index contributed by atoms with van der Waals surface area (Å²) in [6.07, 6.45) is 0. The Labute approximate surface area is 204 Å². The number of aromatic nitrogens is 1. The maximum Gasteiger partial charge on any atom is 0.241 e. The normalized spacial score (nSPS) is 15.7. The molecule has 8 nitrogen and oxygen atoms in total. The molecule has 2 heterocycles. The molecule has 0 saturated carbocycles. The molecule has 0 spiro atoms. The van der Waals surface area contributed by atoms with Crippen LogP contribution in [0.4, 0.5) is 5.69 Å². The van der Waals surface area contributed by atoms with Gasteiger partial charge in [-0.1, -0.05) is 13.8 Å². The number of anilines is 1. The highest BCUT2D eigenvalue weighted by molar-refractivity contribution is 7.89. The number of nitrogens with one attached hydrogen (secondary N) is 1. The van der Waals surface area contributed by atoms with Crippen LogP contribution in [-0.2, 0) is 14.8 Å². The molecular weight excluding hydrogens is 472 g/mol. The molecular formula is C24H30N4O4S2. The van der Waals surface area contributed by atoms with Crippen LogP contribution >= 0.6 is 11.3 Å². The van der Waals surface area contributed by atoms with Gasteiger partial charge in [0.2, 0.25) is 15.9 Å². The lowest BCUT2D eigenvalue weighted by molar-refractivity contribution is -0.134. The number of nitrogens with zero attached hydrogens (tertiary/aromatic N) is 3. The number of rotatable bonds is 7. The average Bonchev–Trinajstić information content (AvgIpc) is 3.21. The van der Waals surface area contributed by atoms with E-state index in [2.05, 4.69) is 14.6 Å². The number of benzene rings is 2. The van der Waals surface area contributed by atoms with E-state index in [1.165, 1.54) is 11.3 Å². The summed E-state index contributed by atoms with van der Waals surface area (Å²) in [6, 6.07) is 11.9. The summed E-state index contributed by atoms with van der Waals surface area (Å²) in [5.74, 6) is 0.410. The van der Waals surface area contributed by atoms with Crippen LogP contribution in [0.2, 0.25) is 0 Å². The van der Waals surface area contributed by atoms with Crippen LogP contribution in [0.1, 0.15) is 18.9 Å². The van der Waals surface area contributed by atoms with Crippen LogP contribution in [0.5, 0.6) is 5.75 Å². The molecule has 1 amide bonds. The number of piperazine rings is 1. The van der Waals surface area contributed by atoms with E-state index in [1.54, 1.807) is 30.2 Å². The molecule has 1 fully saturated rings. The molecule has 34 heavy (non-hydrogen) atoms. The van der Waals surface area contributed by atoms with E-state index in [9.17, 15) is 13.2 Å². The molecule has 1 aliphatic rings. The summed E-state index contributed by atoms with van der Waals surface area (Å²) in [7, 11) is -2.24. The molecule has 1 saturated heterocycles. The molecule has 2 aromatic carbocycles. The predicted octanol–water partition coefficient (Wildman–Crippen LogP) is 3.27. The Balaban J connectivity index is 1.44. The summed E-state index contributed by atoms with van der Waals surface area (Å²) in [4.78, 5) is 21.8. The zero-order chi connectivity index (χ0) is 24.5. The van der Waals surface area contributed by atoms with E-state index in [1.807, 2.05) is 45.0 Å². The Morgan fingerprint density at radius 1 is 1.09 bits per heavy atom. The number of carbonyl (C=O) groups excluding carboxylic acids is 1. The van der Waals surface area contributed by atoms with Gasteiger partial charge in [-0.15, -0.1) is 11.3 Å². The molecule has 0 unspecified atom stereocenters. The smallest absolute Gasteiger partial charge is 0.241 e. The second-order valence-corrected chi connectivity index (χ2v) is 11.7. The van der Waals surface area contributed by atoms with Gasteiger partial charge < -0.3 is 14.5 Å². The third-order valence-electron chi connectivity index (χ3n) is 6.02. The number of amides is 1. The Bertz CT molecular complexity index is 1260. The average molecular weight is 503 g/mol. The lowest BCUT2D eigenvalue weighted by atomic mass is 10.0. The number of aryl methyl sites for hydroxylation is 1. The maximum atomic E-state index is 13.3. The van der Waals surface area contributed by atoms with E-state index in [4.69, 9.17) is 4.74 Å². The van der Waals surface area contributed by atoms with Crippen molar-refractivity contribution in [2.45, 2.75) is 31.7 Å². The number of ether oxygens (including phenoxy) is 1. The summed E-state index contributed by atoms with van der Waals surface area (Å²) in [5.41, 5.74) is 1.84. The topological polar surface area (TPSA) is 91.8 Å². The van der Waals surface area contributed by atoms with Crippen molar-refractivity contribution in [3.05, 3.63) is 47.5 Å². The first-order valence-electron chi connectivity index (χ1n) is 11.3. The number of hydrogen-bond donors (Lipinski definition) is 1. The van der Waals surface area contributed by atoms with E-state index < -0.39 is 16.1 Å². The fourth-order valence-corrected chi connectivity index (χ4v) is 6.37. The van der Waals surface area contributed by atoms with Crippen molar-refractivity contribution >= 4 is 43.2 Å². The molecule has 1 aliphatic heterocycles. The number of sulfonamides is 1. The Hall–Kier alpha value is -2.69. The first-order chi connectivity index (χ1) is 16.2. The van der Waals surface area contributed by atoms with Crippen LogP contribution in [-0.4, -0.2) is 63.5 Å². The van der Waals surface area contributed by atoms with Crippen molar-refractivity contribution < 1.29 is 17.9 Å². The van der Waals surface area contributed by atoms with Crippen molar-refractivity contribution in [2.75, 3.05) is 38.2 Å². The monoisotopic (exact) mass is 502 g/mol. The molecule has 3 aromatic rings. The van der Waals surface area contributed by atoms with Crippen molar-refractivity contribution in [2.24, 2.45) is 5.92 Å². The molecule has 1 N–H and O–H groups in total. The van der Waals surface area contributed by atoms with Gasteiger partial charge in [-0.05, 0) is 55.3 Å². The van der Waals surface area contributed by atoms with Crippen LogP contribution in [0.25, 0.3) is 10.2 Å². The Morgan fingerprint density at radius 2 is 1.76 bits per heavy atom. The van der Waals surface area contributed by atoms with E-state index in [0.717, 1.165) is 26.7 Å². The van der Waals surface area contributed by atoms with Gasteiger partial charge in [0.25, 0.3) is 0 Å². The van der Waals surface area contributed by atoms with Gasteiger partial charge in [0, 0.05) is 31.9 Å². The summed E-state index contributed by atoms with van der Waals surface area (Å²) >= 11 is 1.45. The highest BCUT2D eigenvalue weighted by Gasteiger charge is 2.33. The summed E-state index contributed by atoms with van der Waals surface area (Å²) in [5, 5.41) is 0.876. The molecule has 1 atom stereocenters. The second kappa shape index (κ2) is 9.89. The van der Waals surface area contributed by atoms with Gasteiger partial charge in [0.15, 0.2) is 0 Å². The number of hydrogen-bond acceptors (Lipinski definition) is 7. The maximum absolute atomic E-state index is 13.3. The molecule has 0 aliphatic carbocycles. The van der Waals surface area contributed by atoms with Crippen molar-refractivity contribution in [1.82, 2.24) is 14.6 Å². The number of thiazole rings is 1. The van der Waals surface area contributed by atoms with Crippen molar-refractivity contribution in [3.63, 3.8) is 0 Å². The SMILES string of the molecule is COc1ccc(N2CCN(C(=O)[C@@H](NS(=O)(=O)c3ccc4nc(C)sc4c3)C(C)C)CC2)cc1. The fourth-order valence-electron chi connectivity index (χ4n) is 4.07. The zero-order valence-corrected chi connectivity index (χ0v) is 21.4. The predicted molar refractivity (Wildman–Crippen MR) is 135 cm³/mol. The lowest BCUT2D eigenvalue weighted by Gasteiger charge is -2.38. The third-order valence-corrected chi connectivity index (χ3v) is 8.39. The quantitative estimate of drug-likeness (QED) is 0.533. The fraction of sp³-hybridized carbons (Fsp3) is 0.417. The van der Waals surface area contributed by atoms with Crippen LogP contribution in [0.3, 0.4) is 0 Å². The van der Waals surface area contributed by atoms with E-state index in [0.29, 0.717) is 26.2 Å². The van der Waals surface area contributed by atoms with Crippen molar-refractivity contribution in [3.8, 4) is 5.75 Å². The van der Waals surface area contributed by atoms with Gasteiger partial charge in [-0.3, -0.25) is 4.79 Å².